The highest BCUT2D eigenvalue weighted by Gasteiger charge is 2.56. The lowest BCUT2D eigenvalue weighted by molar-refractivity contribution is -0.140. The largest absolute Gasteiger partial charge is 0.407 e. The van der Waals surface area contributed by atoms with Crippen LogP contribution in [-0.4, -0.2) is 51.7 Å². The Morgan fingerprint density at radius 3 is 2.50 bits per heavy atom. The fourth-order valence-corrected chi connectivity index (χ4v) is 10.8. The molecule has 8 atom stereocenters. The van der Waals surface area contributed by atoms with Crippen molar-refractivity contribution in [3.8, 4) is 5.88 Å². The molecule has 3 aliphatic rings. The molecule has 0 bridgehead atoms. The summed E-state index contributed by atoms with van der Waals surface area (Å²) in [5.41, 5.74) is 0.0867. The van der Waals surface area contributed by atoms with Crippen molar-refractivity contribution in [2.24, 2.45) is 35.0 Å². The van der Waals surface area contributed by atoms with Crippen LogP contribution in [0.2, 0.25) is 0 Å². The molecule has 1 saturated heterocycles. The molecule has 2 heterocycles. The van der Waals surface area contributed by atoms with Gasteiger partial charge in [0.05, 0.1) is 23.1 Å². The van der Waals surface area contributed by atoms with Gasteiger partial charge in [0.25, 0.3) is 0 Å². The number of hydrogen-bond donors (Lipinski definition) is 0. The lowest BCUT2D eigenvalue weighted by Crippen LogP contribution is -2.57. The monoisotopic (exact) mass is 560 g/mol. The van der Waals surface area contributed by atoms with E-state index in [0.29, 0.717) is 38.6 Å². The minimum absolute atomic E-state index is 0.0543. The Labute approximate surface area is 224 Å². The SMILES string of the molecule is CCn1ncc(C(=O)C2CC(C)C3C(C2C)C(C)(C)CCS3(=O)=O)c1OC(=O)C1CCC(Cl)CC1Cl. The van der Waals surface area contributed by atoms with E-state index >= 15 is 0 Å². The maximum absolute atomic E-state index is 14.0. The van der Waals surface area contributed by atoms with Gasteiger partial charge in [0, 0.05) is 23.2 Å². The zero-order chi connectivity index (χ0) is 26.6. The van der Waals surface area contributed by atoms with Crippen LogP contribution in [0, 0.1) is 35.0 Å². The summed E-state index contributed by atoms with van der Waals surface area (Å²) in [6, 6.07) is 0. The van der Waals surface area contributed by atoms with E-state index in [2.05, 4.69) is 18.9 Å². The first-order valence-corrected chi connectivity index (χ1v) is 15.7. The van der Waals surface area contributed by atoms with Gasteiger partial charge in [-0.15, -0.1) is 23.2 Å². The maximum atomic E-state index is 14.0. The number of halogens is 2. The van der Waals surface area contributed by atoms with Gasteiger partial charge in [-0.2, -0.15) is 5.10 Å². The van der Waals surface area contributed by atoms with Gasteiger partial charge >= 0.3 is 5.97 Å². The zero-order valence-electron chi connectivity index (χ0n) is 21.7. The molecule has 7 nitrogen and oxygen atoms in total. The number of sulfone groups is 1. The first kappa shape index (κ1) is 27.9. The average Bonchev–Trinajstić information content (AvgIpc) is 3.19. The van der Waals surface area contributed by atoms with Gasteiger partial charge in [-0.1, -0.05) is 27.7 Å². The van der Waals surface area contributed by atoms with Crippen LogP contribution < -0.4 is 4.74 Å². The highest BCUT2D eigenvalue weighted by molar-refractivity contribution is 7.92. The molecule has 0 radical (unpaired) electrons. The standard InChI is InChI=1S/C26H38Cl2N2O5S/c1-6-30-24(35-25(32)17-8-7-16(27)12-20(17)28)19(13-29-30)22(31)18-11-14(2)23-21(15(18)3)26(4,5)9-10-36(23,33)34/h13-18,20-21,23H,6-12H2,1-5H3. The molecule has 4 rings (SSSR count). The van der Waals surface area contributed by atoms with Crippen molar-refractivity contribution in [1.29, 1.82) is 0 Å². The second kappa shape index (κ2) is 10.2. The number of rotatable bonds is 5. The number of Topliss-reactive ketones (excluding diaryl/α,β-unsaturated/α-hetero) is 1. The summed E-state index contributed by atoms with van der Waals surface area (Å²) in [5.74, 6) is -1.52. The predicted octanol–water partition coefficient (Wildman–Crippen LogP) is 5.13. The number of ketones is 1. The predicted molar refractivity (Wildman–Crippen MR) is 140 cm³/mol. The third-order valence-corrected chi connectivity index (χ3v) is 12.2. The van der Waals surface area contributed by atoms with Crippen LogP contribution >= 0.6 is 23.2 Å². The highest BCUT2D eigenvalue weighted by Crippen LogP contribution is 2.54. The van der Waals surface area contributed by atoms with Crippen LogP contribution in [0.5, 0.6) is 5.88 Å². The maximum Gasteiger partial charge on any atom is 0.317 e. The molecule has 8 unspecified atom stereocenters. The third-order valence-electron chi connectivity index (χ3n) is 8.99. The Kier molecular flexibility index (Phi) is 7.92. The molecule has 1 aromatic rings. The van der Waals surface area contributed by atoms with Crippen LogP contribution in [0.3, 0.4) is 0 Å². The lowest BCUT2D eigenvalue weighted by atomic mass is 9.57. The van der Waals surface area contributed by atoms with Crippen molar-refractivity contribution in [2.45, 2.75) is 89.3 Å². The minimum atomic E-state index is -3.22. The Hall–Kier alpha value is -1.12. The number of nitrogens with zero attached hydrogens (tertiary/aromatic N) is 2. The van der Waals surface area contributed by atoms with Gasteiger partial charge in [0.2, 0.25) is 5.88 Å². The van der Waals surface area contributed by atoms with Crippen LogP contribution in [0.25, 0.3) is 0 Å². The van der Waals surface area contributed by atoms with Gasteiger partial charge in [-0.25, -0.2) is 13.1 Å². The van der Waals surface area contributed by atoms with E-state index in [1.165, 1.54) is 10.9 Å². The van der Waals surface area contributed by atoms with Gasteiger partial charge in [-0.3, -0.25) is 9.59 Å². The second-order valence-electron chi connectivity index (χ2n) is 11.8. The summed E-state index contributed by atoms with van der Waals surface area (Å²) in [4.78, 5) is 27.1. The summed E-state index contributed by atoms with van der Waals surface area (Å²) in [5, 5.41) is 3.42. The number of hydrogen-bond acceptors (Lipinski definition) is 6. The second-order valence-corrected chi connectivity index (χ2v) is 15.2. The molecule has 2 saturated carbocycles. The van der Waals surface area contributed by atoms with E-state index in [0.717, 1.165) is 0 Å². The number of ether oxygens (including phenoxy) is 1. The van der Waals surface area contributed by atoms with Crippen LogP contribution in [0.4, 0.5) is 0 Å². The van der Waals surface area contributed by atoms with E-state index in [4.69, 9.17) is 27.9 Å². The summed E-state index contributed by atoms with van der Waals surface area (Å²) >= 11 is 12.6. The van der Waals surface area contributed by atoms with Crippen molar-refractivity contribution >= 4 is 44.8 Å². The summed E-state index contributed by atoms with van der Waals surface area (Å²) in [6.07, 6.45) is 4.30. The van der Waals surface area contributed by atoms with Crippen LogP contribution in [0.1, 0.15) is 77.1 Å². The van der Waals surface area contributed by atoms with E-state index in [9.17, 15) is 18.0 Å². The van der Waals surface area contributed by atoms with E-state index in [1.54, 1.807) is 0 Å². The van der Waals surface area contributed by atoms with Gasteiger partial charge in [0.15, 0.2) is 15.6 Å². The molecule has 2 aliphatic carbocycles. The summed E-state index contributed by atoms with van der Waals surface area (Å²) in [6.45, 7) is 10.5. The Bertz CT molecular complexity index is 1120. The fraction of sp³-hybridized carbons (Fsp3) is 0.808. The average molecular weight is 562 g/mol. The highest BCUT2D eigenvalue weighted by atomic mass is 35.5. The van der Waals surface area contributed by atoms with Crippen molar-refractivity contribution < 1.29 is 22.7 Å². The first-order valence-electron chi connectivity index (χ1n) is 13.1. The smallest absolute Gasteiger partial charge is 0.317 e. The topological polar surface area (TPSA) is 95.3 Å². The Balaban J connectivity index is 1.62. The van der Waals surface area contributed by atoms with E-state index in [-0.39, 0.29) is 57.4 Å². The molecule has 0 amide bonds. The summed E-state index contributed by atoms with van der Waals surface area (Å²) in [7, 11) is -3.22. The van der Waals surface area contributed by atoms with Crippen molar-refractivity contribution in [1.82, 2.24) is 9.78 Å². The number of fused-ring (bicyclic) bond motifs is 1. The molecule has 3 fully saturated rings. The minimum Gasteiger partial charge on any atom is -0.407 e. The molecule has 0 N–H and O–H groups in total. The summed E-state index contributed by atoms with van der Waals surface area (Å²) < 4.78 is 33.4. The fourth-order valence-electron chi connectivity index (χ4n) is 7.02. The number of aryl methyl sites for hydroxylation is 1. The molecular weight excluding hydrogens is 523 g/mol. The van der Waals surface area contributed by atoms with Crippen LogP contribution in [0.15, 0.2) is 6.20 Å². The Morgan fingerprint density at radius 2 is 1.86 bits per heavy atom. The number of carbonyl (C=O) groups is 2. The molecule has 0 spiro atoms. The Morgan fingerprint density at radius 1 is 1.17 bits per heavy atom. The van der Waals surface area contributed by atoms with Gasteiger partial charge in [-0.05, 0) is 62.2 Å². The van der Waals surface area contributed by atoms with Crippen LogP contribution in [-0.2, 0) is 21.2 Å². The van der Waals surface area contributed by atoms with Crippen molar-refractivity contribution in [2.75, 3.05) is 5.75 Å². The molecule has 0 aromatic carbocycles. The molecule has 10 heteroatoms. The molecule has 202 valence electrons. The molecule has 36 heavy (non-hydrogen) atoms. The van der Waals surface area contributed by atoms with Crippen molar-refractivity contribution in [3.63, 3.8) is 0 Å². The normalized spacial score (nSPS) is 37.6. The molecule has 1 aliphatic heterocycles. The zero-order valence-corrected chi connectivity index (χ0v) is 24.1. The lowest BCUT2D eigenvalue weighted by Gasteiger charge is -2.53. The van der Waals surface area contributed by atoms with Gasteiger partial charge in [0.1, 0.15) is 5.56 Å². The van der Waals surface area contributed by atoms with Crippen molar-refractivity contribution in [3.05, 3.63) is 11.8 Å². The quantitative estimate of drug-likeness (QED) is 0.281. The van der Waals surface area contributed by atoms with Gasteiger partial charge < -0.3 is 4.74 Å². The van der Waals surface area contributed by atoms with E-state index in [1.807, 2.05) is 20.8 Å². The van der Waals surface area contributed by atoms with E-state index < -0.39 is 32.4 Å². The first-order chi connectivity index (χ1) is 16.8. The third kappa shape index (κ3) is 4.98. The molecule has 1 aromatic heterocycles. The number of aromatic nitrogens is 2. The molecular formula is C26H38Cl2N2O5S. The number of alkyl halides is 2. The number of esters is 1. The number of carbonyl (C=O) groups excluding carboxylic acids is 2.